The van der Waals surface area contributed by atoms with Gasteiger partial charge in [-0.25, -0.2) is 4.98 Å². The van der Waals surface area contributed by atoms with E-state index in [2.05, 4.69) is 14.9 Å². The maximum absolute atomic E-state index is 12.4. The number of imidazole rings is 1. The molecule has 0 spiro atoms. The smallest absolute Gasteiger partial charge is 0.228 e. The fourth-order valence-electron chi connectivity index (χ4n) is 2.93. The minimum atomic E-state index is 0.0895. The zero-order chi connectivity index (χ0) is 13.8. The molecule has 6 nitrogen and oxygen atoms in total. The Morgan fingerprint density at radius 2 is 2.35 bits per heavy atom. The van der Waals surface area contributed by atoms with Crippen molar-refractivity contribution >= 4 is 5.91 Å². The van der Waals surface area contributed by atoms with Gasteiger partial charge in [0.05, 0.1) is 19.1 Å². The van der Waals surface area contributed by atoms with Gasteiger partial charge >= 0.3 is 0 Å². The number of rotatable bonds is 3. The summed E-state index contributed by atoms with van der Waals surface area (Å²) in [5.74, 6) is 1.36. The predicted octanol–water partition coefficient (Wildman–Crippen LogP) is 0.480. The van der Waals surface area contributed by atoms with Gasteiger partial charge in [-0.05, 0) is 12.8 Å². The summed E-state index contributed by atoms with van der Waals surface area (Å²) in [7, 11) is 0. The van der Waals surface area contributed by atoms with Gasteiger partial charge in [-0.1, -0.05) is 0 Å². The normalized spacial score (nSPS) is 24.8. The maximum atomic E-state index is 12.4. The van der Waals surface area contributed by atoms with Crippen LogP contribution >= 0.6 is 0 Å². The molecule has 1 N–H and O–H groups in total. The van der Waals surface area contributed by atoms with Crippen LogP contribution in [0.15, 0.2) is 12.4 Å². The van der Waals surface area contributed by atoms with Gasteiger partial charge in [0, 0.05) is 45.2 Å². The molecule has 1 unspecified atom stereocenters. The van der Waals surface area contributed by atoms with E-state index in [9.17, 15) is 4.79 Å². The van der Waals surface area contributed by atoms with Crippen LogP contribution in [0.5, 0.6) is 0 Å². The van der Waals surface area contributed by atoms with Crippen LogP contribution in [0.1, 0.15) is 18.7 Å². The van der Waals surface area contributed by atoms with E-state index < -0.39 is 0 Å². The van der Waals surface area contributed by atoms with Gasteiger partial charge in [-0.2, -0.15) is 0 Å². The van der Waals surface area contributed by atoms with Gasteiger partial charge in [0.1, 0.15) is 5.82 Å². The number of nitrogens with one attached hydrogen (secondary N) is 1. The topological polar surface area (TPSA) is 61.5 Å². The van der Waals surface area contributed by atoms with E-state index in [-0.39, 0.29) is 11.8 Å². The Balaban J connectivity index is 1.52. The van der Waals surface area contributed by atoms with Crippen LogP contribution in [0.2, 0.25) is 0 Å². The largest absolute Gasteiger partial charge is 0.381 e. The van der Waals surface area contributed by atoms with Gasteiger partial charge in [0.2, 0.25) is 5.91 Å². The Hall–Kier alpha value is -1.40. The Bertz CT molecular complexity index is 428. The predicted molar refractivity (Wildman–Crippen MR) is 74.0 cm³/mol. The van der Waals surface area contributed by atoms with E-state index in [4.69, 9.17) is 4.74 Å². The van der Waals surface area contributed by atoms with Crippen molar-refractivity contribution in [3.05, 3.63) is 18.2 Å². The van der Waals surface area contributed by atoms with Crippen LogP contribution in [0.25, 0.3) is 0 Å². The molecule has 2 aliphatic heterocycles. The van der Waals surface area contributed by atoms with E-state index in [1.165, 1.54) is 0 Å². The first-order valence-electron chi connectivity index (χ1n) is 7.40. The van der Waals surface area contributed by atoms with Crippen LogP contribution in [0.4, 0.5) is 0 Å². The average Bonchev–Trinajstić information content (AvgIpc) is 3.10. The number of ether oxygens (including phenoxy) is 1. The summed E-state index contributed by atoms with van der Waals surface area (Å²) < 4.78 is 5.32. The average molecular weight is 278 g/mol. The van der Waals surface area contributed by atoms with E-state index in [1.807, 2.05) is 11.1 Å². The number of hydrogen-bond donors (Lipinski definition) is 1. The molecule has 110 valence electrons. The molecule has 0 bridgehead atoms. The van der Waals surface area contributed by atoms with Crippen molar-refractivity contribution in [3.63, 3.8) is 0 Å². The number of aromatic nitrogens is 2. The van der Waals surface area contributed by atoms with Crippen LogP contribution in [-0.4, -0.2) is 65.1 Å². The second-order valence-corrected chi connectivity index (χ2v) is 5.55. The number of carbonyl (C=O) groups excluding carboxylic acids is 1. The van der Waals surface area contributed by atoms with Gasteiger partial charge < -0.3 is 14.6 Å². The summed E-state index contributed by atoms with van der Waals surface area (Å²) in [6.45, 7) is 5.79. The Morgan fingerprint density at radius 3 is 3.10 bits per heavy atom. The standard InChI is InChI=1S/C14H22N4O2/c19-14(12-2-9-20-11-12)18-6-1-5-17(7-8-18)10-13-15-3-4-16-13/h3-4,12H,1-2,5-11H2,(H,15,16). The van der Waals surface area contributed by atoms with Crippen LogP contribution in [-0.2, 0) is 16.1 Å². The first kappa shape index (κ1) is 13.6. The second kappa shape index (κ2) is 6.37. The van der Waals surface area contributed by atoms with Crippen molar-refractivity contribution in [2.75, 3.05) is 39.4 Å². The maximum Gasteiger partial charge on any atom is 0.228 e. The molecule has 2 fully saturated rings. The van der Waals surface area contributed by atoms with Crippen LogP contribution in [0.3, 0.4) is 0 Å². The number of aromatic amines is 1. The fourth-order valence-corrected chi connectivity index (χ4v) is 2.93. The SMILES string of the molecule is O=C(C1CCOC1)N1CCCN(Cc2ncc[nH]2)CC1. The summed E-state index contributed by atoms with van der Waals surface area (Å²) in [4.78, 5) is 24.2. The molecule has 1 amide bonds. The lowest BCUT2D eigenvalue weighted by molar-refractivity contribution is -0.135. The van der Waals surface area contributed by atoms with E-state index in [0.29, 0.717) is 6.61 Å². The monoisotopic (exact) mass is 278 g/mol. The zero-order valence-corrected chi connectivity index (χ0v) is 11.8. The first-order valence-corrected chi connectivity index (χ1v) is 7.40. The molecule has 2 aliphatic rings. The molecule has 6 heteroatoms. The number of amides is 1. The lowest BCUT2D eigenvalue weighted by Crippen LogP contribution is -2.39. The summed E-state index contributed by atoms with van der Waals surface area (Å²) in [5.41, 5.74) is 0. The quantitative estimate of drug-likeness (QED) is 0.873. The van der Waals surface area contributed by atoms with Crippen LogP contribution in [0, 0.1) is 5.92 Å². The van der Waals surface area contributed by atoms with Gasteiger partial charge in [0.15, 0.2) is 0 Å². The Kier molecular flexibility index (Phi) is 4.32. The fraction of sp³-hybridized carbons (Fsp3) is 0.714. The zero-order valence-electron chi connectivity index (χ0n) is 11.8. The lowest BCUT2D eigenvalue weighted by Gasteiger charge is -2.23. The van der Waals surface area contributed by atoms with Crippen molar-refractivity contribution in [3.8, 4) is 0 Å². The summed E-state index contributed by atoms with van der Waals surface area (Å²) in [6.07, 6.45) is 5.54. The molecular weight excluding hydrogens is 256 g/mol. The number of hydrogen-bond acceptors (Lipinski definition) is 4. The third-order valence-electron chi connectivity index (χ3n) is 4.11. The van der Waals surface area contributed by atoms with Gasteiger partial charge in [-0.15, -0.1) is 0 Å². The molecular formula is C14H22N4O2. The highest BCUT2D eigenvalue weighted by Gasteiger charge is 2.29. The van der Waals surface area contributed by atoms with Crippen molar-refractivity contribution in [1.29, 1.82) is 0 Å². The Labute approximate surface area is 119 Å². The highest BCUT2D eigenvalue weighted by Crippen LogP contribution is 2.17. The molecule has 0 saturated carbocycles. The number of H-pyrrole nitrogens is 1. The third-order valence-corrected chi connectivity index (χ3v) is 4.11. The molecule has 3 rings (SSSR count). The van der Waals surface area contributed by atoms with E-state index >= 15 is 0 Å². The van der Waals surface area contributed by atoms with Crippen LogP contribution < -0.4 is 0 Å². The van der Waals surface area contributed by atoms with E-state index in [0.717, 1.165) is 58.0 Å². The highest BCUT2D eigenvalue weighted by atomic mass is 16.5. The first-order chi connectivity index (χ1) is 9.83. The molecule has 0 aliphatic carbocycles. The second-order valence-electron chi connectivity index (χ2n) is 5.55. The lowest BCUT2D eigenvalue weighted by atomic mass is 10.1. The molecule has 20 heavy (non-hydrogen) atoms. The minimum absolute atomic E-state index is 0.0895. The van der Waals surface area contributed by atoms with Gasteiger partial charge in [0.25, 0.3) is 0 Å². The van der Waals surface area contributed by atoms with Gasteiger partial charge in [-0.3, -0.25) is 9.69 Å². The number of carbonyl (C=O) groups is 1. The molecule has 1 atom stereocenters. The Morgan fingerprint density at radius 1 is 1.40 bits per heavy atom. The minimum Gasteiger partial charge on any atom is -0.381 e. The summed E-state index contributed by atoms with van der Waals surface area (Å²) in [5, 5.41) is 0. The molecule has 2 saturated heterocycles. The van der Waals surface area contributed by atoms with E-state index in [1.54, 1.807) is 6.20 Å². The summed E-state index contributed by atoms with van der Waals surface area (Å²) in [6, 6.07) is 0. The highest BCUT2D eigenvalue weighted by molar-refractivity contribution is 5.79. The molecule has 1 aromatic heterocycles. The van der Waals surface area contributed by atoms with Crippen molar-refractivity contribution in [1.82, 2.24) is 19.8 Å². The molecule has 0 radical (unpaired) electrons. The van der Waals surface area contributed by atoms with Crippen molar-refractivity contribution in [2.24, 2.45) is 5.92 Å². The number of nitrogens with zero attached hydrogens (tertiary/aromatic N) is 3. The molecule has 0 aromatic carbocycles. The molecule has 3 heterocycles. The van der Waals surface area contributed by atoms with Crippen molar-refractivity contribution < 1.29 is 9.53 Å². The molecule has 1 aromatic rings. The third kappa shape index (κ3) is 3.19. The van der Waals surface area contributed by atoms with Crippen molar-refractivity contribution in [2.45, 2.75) is 19.4 Å². The summed E-state index contributed by atoms with van der Waals surface area (Å²) >= 11 is 0.